The molecule has 0 heterocycles. The number of amides is 1. The van der Waals surface area contributed by atoms with E-state index in [1.807, 2.05) is 0 Å². The van der Waals surface area contributed by atoms with Crippen molar-refractivity contribution in [3.05, 3.63) is 30.1 Å². The summed E-state index contributed by atoms with van der Waals surface area (Å²) in [5.74, 6) is -0.340. The molecule has 0 aliphatic heterocycles. The first-order valence-corrected chi connectivity index (χ1v) is 5.36. The van der Waals surface area contributed by atoms with Crippen molar-refractivity contribution in [1.29, 1.82) is 0 Å². The number of nitrogens with one attached hydrogen (secondary N) is 1. The molecule has 2 nitrogen and oxygen atoms in total. The van der Waals surface area contributed by atoms with Gasteiger partial charge in [0.1, 0.15) is 5.82 Å². The normalized spacial score (nSPS) is 9.69. The Balaban J connectivity index is 2.54. The summed E-state index contributed by atoms with van der Waals surface area (Å²) in [4.78, 5) is 11.1. The van der Waals surface area contributed by atoms with Crippen molar-refractivity contribution >= 4 is 34.2 Å². The average Bonchev–Trinajstić information content (AvgIpc) is 2.09. The van der Waals surface area contributed by atoms with Crippen molar-refractivity contribution < 1.29 is 9.18 Å². The molecule has 1 aromatic rings. The molecule has 1 amide bonds. The summed E-state index contributed by atoms with van der Waals surface area (Å²) in [7, 11) is 0. The van der Waals surface area contributed by atoms with E-state index < -0.39 is 0 Å². The summed E-state index contributed by atoms with van der Waals surface area (Å²) in [5, 5.41) is 2.66. The van der Waals surface area contributed by atoms with Gasteiger partial charge in [0.2, 0.25) is 5.91 Å². The SMILES string of the molecule is O=C(CCI)Nc1ccc(F)cc1. The van der Waals surface area contributed by atoms with Gasteiger partial charge < -0.3 is 5.32 Å². The molecule has 0 spiro atoms. The van der Waals surface area contributed by atoms with Gasteiger partial charge in [-0.15, -0.1) is 0 Å². The maximum absolute atomic E-state index is 12.5. The molecule has 70 valence electrons. The van der Waals surface area contributed by atoms with Gasteiger partial charge >= 0.3 is 0 Å². The lowest BCUT2D eigenvalue weighted by Crippen LogP contribution is -2.11. The van der Waals surface area contributed by atoms with E-state index in [9.17, 15) is 9.18 Å². The summed E-state index contributed by atoms with van der Waals surface area (Å²) in [6, 6.07) is 5.72. The molecule has 1 aromatic carbocycles. The van der Waals surface area contributed by atoms with Crippen LogP contribution in [0, 0.1) is 5.82 Å². The Bertz CT molecular complexity index is 286. The number of hydrogen-bond donors (Lipinski definition) is 1. The van der Waals surface area contributed by atoms with Gasteiger partial charge in [0.15, 0.2) is 0 Å². The Kier molecular flexibility index (Phi) is 4.14. The predicted octanol–water partition coefficient (Wildman–Crippen LogP) is 2.59. The van der Waals surface area contributed by atoms with E-state index in [2.05, 4.69) is 27.9 Å². The van der Waals surface area contributed by atoms with Crippen molar-refractivity contribution in [1.82, 2.24) is 0 Å². The second-order valence-electron chi connectivity index (χ2n) is 2.49. The quantitative estimate of drug-likeness (QED) is 0.673. The molecule has 0 saturated carbocycles. The van der Waals surface area contributed by atoms with E-state index in [-0.39, 0.29) is 11.7 Å². The first kappa shape index (κ1) is 10.4. The highest BCUT2D eigenvalue weighted by molar-refractivity contribution is 14.1. The van der Waals surface area contributed by atoms with Crippen molar-refractivity contribution in [2.45, 2.75) is 6.42 Å². The molecular weight excluding hydrogens is 284 g/mol. The fourth-order valence-corrected chi connectivity index (χ4v) is 1.33. The fraction of sp³-hybridized carbons (Fsp3) is 0.222. The molecule has 1 rings (SSSR count). The van der Waals surface area contributed by atoms with Gasteiger partial charge in [0, 0.05) is 16.5 Å². The highest BCUT2D eigenvalue weighted by atomic mass is 127. The van der Waals surface area contributed by atoms with E-state index >= 15 is 0 Å². The van der Waals surface area contributed by atoms with Crippen LogP contribution in [-0.4, -0.2) is 10.3 Å². The molecule has 0 aliphatic rings. The maximum Gasteiger partial charge on any atom is 0.225 e. The van der Waals surface area contributed by atoms with Gasteiger partial charge in [-0.3, -0.25) is 4.79 Å². The molecule has 0 fully saturated rings. The highest BCUT2D eigenvalue weighted by Gasteiger charge is 2.00. The number of alkyl halides is 1. The standard InChI is InChI=1S/C9H9FINO/c10-7-1-3-8(4-2-7)12-9(13)5-6-11/h1-4H,5-6H2,(H,12,13). The van der Waals surface area contributed by atoms with Crippen LogP contribution in [0.5, 0.6) is 0 Å². The maximum atomic E-state index is 12.5. The molecule has 1 N–H and O–H groups in total. The lowest BCUT2D eigenvalue weighted by Gasteiger charge is -2.02. The first-order chi connectivity index (χ1) is 6.22. The third-order valence-corrected chi connectivity index (χ3v) is 1.99. The van der Waals surface area contributed by atoms with Crippen molar-refractivity contribution in [2.24, 2.45) is 0 Å². The fourth-order valence-electron chi connectivity index (χ4n) is 0.843. The summed E-state index contributed by atoms with van der Waals surface area (Å²) < 4.78 is 13.2. The van der Waals surface area contributed by atoms with Crippen LogP contribution in [0.25, 0.3) is 0 Å². The number of hydrogen-bond acceptors (Lipinski definition) is 1. The summed E-state index contributed by atoms with van der Waals surface area (Å²) in [5.41, 5.74) is 0.635. The minimum Gasteiger partial charge on any atom is -0.326 e. The van der Waals surface area contributed by atoms with Crippen LogP contribution in [0.4, 0.5) is 10.1 Å². The molecule has 0 bridgehead atoms. The molecule has 0 aliphatic carbocycles. The van der Waals surface area contributed by atoms with Gasteiger partial charge in [-0.05, 0) is 24.3 Å². The zero-order valence-electron chi connectivity index (χ0n) is 6.89. The Morgan fingerprint density at radius 1 is 1.38 bits per heavy atom. The van der Waals surface area contributed by atoms with E-state index in [0.717, 1.165) is 4.43 Å². The van der Waals surface area contributed by atoms with E-state index in [1.165, 1.54) is 12.1 Å². The average molecular weight is 293 g/mol. The molecular formula is C9H9FINO. The van der Waals surface area contributed by atoms with E-state index in [4.69, 9.17) is 0 Å². The van der Waals surface area contributed by atoms with E-state index in [1.54, 1.807) is 12.1 Å². The highest BCUT2D eigenvalue weighted by Crippen LogP contribution is 2.08. The minimum absolute atomic E-state index is 0.0407. The third kappa shape index (κ3) is 3.71. The largest absolute Gasteiger partial charge is 0.326 e. The molecule has 0 atom stereocenters. The monoisotopic (exact) mass is 293 g/mol. The van der Waals surface area contributed by atoms with Crippen LogP contribution in [0.2, 0.25) is 0 Å². The Hall–Kier alpha value is -0.650. The molecule has 0 saturated heterocycles. The lowest BCUT2D eigenvalue weighted by molar-refractivity contribution is -0.115. The minimum atomic E-state index is -0.299. The second-order valence-corrected chi connectivity index (χ2v) is 3.57. The number of carbonyl (C=O) groups is 1. The zero-order chi connectivity index (χ0) is 9.68. The van der Waals surface area contributed by atoms with Crippen molar-refractivity contribution in [2.75, 3.05) is 9.74 Å². The van der Waals surface area contributed by atoms with Gasteiger partial charge in [0.25, 0.3) is 0 Å². The Morgan fingerprint density at radius 3 is 2.54 bits per heavy atom. The summed E-state index contributed by atoms with van der Waals surface area (Å²) in [6.07, 6.45) is 0.484. The topological polar surface area (TPSA) is 29.1 Å². The van der Waals surface area contributed by atoms with Crippen molar-refractivity contribution in [3.8, 4) is 0 Å². The predicted molar refractivity (Wildman–Crippen MR) is 58.5 cm³/mol. The van der Waals surface area contributed by atoms with Crippen molar-refractivity contribution in [3.63, 3.8) is 0 Å². The number of rotatable bonds is 3. The first-order valence-electron chi connectivity index (χ1n) is 3.84. The van der Waals surface area contributed by atoms with E-state index in [0.29, 0.717) is 12.1 Å². The van der Waals surface area contributed by atoms with Crippen LogP contribution < -0.4 is 5.32 Å². The Morgan fingerprint density at radius 2 is 2.00 bits per heavy atom. The van der Waals surface area contributed by atoms with Crippen LogP contribution in [0.15, 0.2) is 24.3 Å². The summed E-state index contributed by atoms with van der Waals surface area (Å²) >= 11 is 2.13. The lowest BCUT2D eigenvalue weighted by atomic mass is 10.3. The molecule has 13 heavy (non-hydrogen) atoms. The smallest absolute Gasteiger partial charge is 0.225 e. The van der Waals surface area contributed by atoms with Gasteiger partial charge in [-0.25, -0.2) is 4.39 Å². The second kappa shape index (κ2) is 5.16. The van der Waals surface area contributed by atoms with Gasteiger partial charge in [-0.2, -0.15) is 0 Å². The third-order valence-electron chi connectivity index (χ3n) is 1.45. The molecule has 4 heteroatoms. The molecule has 0 aromatic heterocycles. The van der Waals surface area contributed by atoms with Crippen LogP contribution >= 0.6 is 22.6 Å². The Labute approximate surface area is 89.7 Å². The number of anilines is 1. The summed E-state index contributed by atoms with van der Waals surface area (Å²) in [6.45, 7) is 0. The van der Waals surface area contributed by atoms with Gasteiger partial charge in [0.05, 0.1) is 0 Å². The number of carbonyl (C=O) groups excluding carboxylic acids is 1. The molecule has 0 unspecified atom stereocenters. The number of benzene rings is 1. The zero-order valence-corrected chi connectivity index (χ0v) is 9.05. The number of halogens is 2. The molecule has 0 radical (unpaired) electrons. The van der Waals surface area contributed by atoms with Crippen LogP contribution in [-0.2, 0) is 4.79 Å². The van der Waals surface area contributed by atoms with Crippen LogP contribution in [0.1, 0.15) is 6.42 Å². The van der Waals surface area contributed by atoms with Gasteiger partial charge in [-0.1, -0.05) is 22.6 Å². The van der Waals surface area contributed by atoms with Crippen LogP contribution in [0.3, 0.4) is 0 Å².